The lowest BCUT2D eigenvalue weighted by molar-refractivity contribution is 0.101. The lowest BCUT2D eigenvalue weighted by Gasteiger charge is -2.38. The summed E-state index contributed by atoms with van der Waals surface area (Å²) in [5.74, 6) is 0. The lowest BCUT2D eigenvalue weighted by Crippen LogP contribution is -2.47. The van der Waals surface area contributed by atoms with Crippen LogP contribution < -0.4 is 0 Å². The predicted octanol–water partition coefficient (Wildman–Crippen LogP) is 3.39. The number of fused-ring (bicyclic) bond motifs is 1. The SMILES string of the molecule is CCN(CC)C(=O)N1CCCCC1c1nn(Cc2cccnc2)c2c1COCC2. The van der Waals surface area contributed by atoms with Crippen LogP contribution in [-0.2, 0) is 24.3 Å². The second kappa shape index (κ2) is 8.95. The van der Waals surface area contributed by atoms with Gasteiger partial charge >= 0.3 is 6.03 Å². The first-order chi connectivity index (χ1) is 14.2. The second-order valence-corrected chi connectivity index (χ2v) is 7.79. The van der Waals surface area contributed by atoms with Crippen LogP contribution in [0.1, 0.15) is 61.7 Å². The number of nitrogens with zero attached hydrogens (tertiary/aromatic N) is 5. The fourth-order valence-corrected chi connectivity index (χ4v) is 4.52. The summed E-state index contributed by atoms with van der Waals surface area (Å²) in [7, 11) is 0. The van der Waals surface area contributed by atoms with E-state index in [1.54, 1.807) is 6.20 Å². The number of carbonyl (C=O) groups is 1. The molecular weight excluding hydrogens is 366 g/mol. The molecule has 2 aliphatic heterocycles. The van der Waals surface area contributed by atoms with Crippen molar-refractivity contribution < 1.29 is 9.53 Å². The molecule has 2 aromatic heterocycles. The number of carbonyl (C=O) groups excluding carboxylic acids is 1. The Hall–Kier alpha value is -2.41. The van der Waals surface area contributed by atoms with Gasteiger partial charge in [-0.15, -0.1) is 0 Å². The van der Waals surface area contributed by atoms with Gasteiger partial charge in [-0.2, -0.15) is 5.10 Å². The van der Waals surface area contributed by atoms with Gasteiger partial charge in [-0.05, 0) is 44.7 Å². The number of aromatic nitrogens is 3. The minimum Gasteiger partial charge on any atom is -0.376 e. The zero-order valence-corrected chi connectivity index (χ0v) is 17.5. The van der Waals surface area contributed by atoms with Gasteiger partial charge in [0.05, 0.1) is 31.5 Å². The Kier molecular flexibility index (Phi) is 6.13. The Morgan fingerprint density at radius 2 is 2.17 bits per heavy atom. The van der Waals surface area contributed by atoms with Crippen molar-refractivity contribution in [1.29, 1.82) is 0 Å². The molecule has 156 valence electrons. The van der Waals surface area contributed by atoms with E-state index in [1.165, 1.54) is 11.3 Å². The van der Waals surface area contributed by atoms with Gasteiger partial charge in [0.2, 0.25) is 0 Å². The minimum atomic E-state index is 0.0300. The number of likely N-dealkylation sites (tertiary alicyclic amines) is 1. The van der Waals surface area contributed by atoms with E-state index in [-0.39, 0.29) is 12.1 Å². The van der Waals surface area contributed by atoms with Crippen LogP contribution in [-0.4, -0.2) is 56.8 Å². The third kappa shape index (κ3) is 4.01. The van der Waals surface area contributed by atoms with Crippen LogP contribution in [0.4, 0.5) is 4.79 Å². The first kappa shape index (κ1) is 19.9. The minimum absolute atomic E-state index is 0.0300. The molecule has 0 saturated carbocycles. The molecule has 1 atom stereocenters. The second-order valence-electron chi connectivity index (χ2n) is 7.79. The van der Waals surface area contributed by atoms with E-state index in [2.05, 4.69) is 15.7 Å². The number of hydrogen-bond acceptors (Lipinski definition) is 4. The monoisotopic (exact) mass is 397 g/mol. The van der Waals surface area contributed by atoms with Crippen LogP contribution in [0.25, 0.3) is 0 Å². The van der Waals surface area contributed by atoms with E-state index in [1.807, 2.05) is 35.9 Å². The summed E-state index contributed by atoms with van der Waals surface area (Å²) < 4.78 is 7.91. The molecule has 0 N–H and O–H groups in total. The van der Waals surface area contributed by atoms with Crippen molar-refractivity contribution in [3.8, 4) is 0 Å². The third-order valence-corrected chi connectivity index (χ3v) is 6.08. The molecule has 7 nitrogen and oxygen atoms in total. The standard InChI is InChI=1S/C22H31N5O2/c1-3-25(4-2)22(28)26-12-6-5-9-20(26)21-18-16-29-13-10-19(18)27(24-21)15-17-8-7-11-23-14-17/h7-8,11,14,20H,3-6,9-10,12-13,15-16H2,1-2H3. The zero-order chi connectivity index (χ0) is 20.2. The van der Waals surface area contributed by atoms with Crippen LogP contribution in [0.15, 0.2) is 24.5 Å². The first-order valence-electron chi connectivity index (χ1n) is 10.8. The van der Waals surface area contributed by atoms with Gasteiger partial charge in [-0.1, -0.05) is 6.07 Å². The predicted molar refractivity (Wildman–Crippen MR) is 111 cm³/mol. The molecule has 4 heterocycles. The maximum absolute atomic E-state index is 13.2. The number of piperidine rings is 1. The van der Waals surface area contributed by atoms with E-state index in [0.717, 1.165) is 63.2 Å². The molecule has 7 heteroatoms. The smallest absolute Gasteiger partial charge is 0.320 e. The van der Waals surface area contributed by atoms with Crippen LogP contribution in [0.2, 0.25) is 0 Å². The molecule has 0 spiro atoms. The average Bonchev–Trinajstić information content (AvgIpc) is 3.13. The quantitative estimate of drug-likeness (QED) is 0.776. The molecular formula is C22H31N5O2. The Balaban J connectivity index is 1.68. The summed E-state index contributed by atoms with van der Waals surface area (Å²) >= 11 is 0. The van der Waals surface area contributed by atoms with Gasteiger partial charge in [-0.25, -0.2) is 4.79 Å². The molecule has 0 aromatic carbocycles. The number of pyridine rings is 1. The maximum Gasteiger partial charge on any atom is 0.320 e. The molecule has 1 unspecified atom stereocenters. The van der Waals surface area contributed by atoms with Gasteiger partial charge in [0.1, 0.15) is 0 Å². The summed E-state index contributed by atoms with van der Waals surface area (Å²) in [5.41, 5.74) is 4.60. The Morgan fingerprint density at radius 3 is 2.93 bits per heavy atom. The van der Waals surface area contributed by atoms with Crippen LogP contribution in [0.5, 0.6) is 0 Å². The number of amides is 2. The maximum atomic E-state index is 13.2. The van der Waals surface area contributed by atoms with Gasteiger partial charge in [0.25, 0.3) is 0 Å². The number of rotatable bonds is 5. The van der Waals surface area contributed by atoms with Crippen molar-refractivity contribution in [3.05, 3.63) is 47.0 Å². The molecule has 2 amide bonds. The summed E-state index contributed by atoms with van der Waals surface area (Å²) in [6, 6.07) is 4.20. The van der Waals surface area contributed by atoms with Gasteiger partial charge in [-0.3, -0.25) is 9.67 Å². The van der Waals surface area contributed by atoms with E-state index in [9.17, 15) is 4.79 Å². The molecule has 29 heavy (non-hydrogen) atoms. The van der Waals surface area contributed by atoms with Crippen molar-refractivity contribution in [2.24, 2.45) is 0 Å². The molecule has 0 radical (unpaired) electrons. The lowest BCUT2D eigenvalue weighted by atomic mass is 9.95. The van der Waals surface area contributed by atoms with Crippen molar-refractivity contribution in [2.75, 3.05) is 26.2 Å². The summed E-state index contributed by atoms with van der Waals surface area (Å²) in [4.78, 5) is 21.4. The van der Waals surface area contributed by atoms with E-state index in [0.29, 0.717) is 13.2 Å². The molecule has 0 bridgehead atoms. The first-order valence-corrected chi connectivity index (χ1v) is 10.8. The van der Waals surface area contributed by atoms with Gasteiger partial charge in [0.15, 0.2) is 0 Å². The summed E-state index contributed by atoms with van der Waals surface area (Å²) in [6.07, 6.45) is 7.68. The van der Waals surface area contributed by atoms with Gasteiger partial charge < -0.3 is 14.5 Å². The molecule has 1 saturated heterocycles. The van der Waals surface area contributed by atoms with Crippen molar-refractivity contribution in [3.63, 3.8) is 0 Å². The largest absolute Gasteiger partial charge is 0.376 e. The topological polar surface area (TPSA) is 63.5 Å². The number of hydrogen-bond donors (Lipinski definition) is 0. The summed E-state index contributed by atoms with van der Waals surface area (Å²) in [5, 5.41) is 5.05. The highest BCUT2D eigenvalue weighted by atomic mass is 16.5. The molecule has 0 aliphatic carbocycles. The van der Waals surface area contributed by atoms with Crippen LogP contribution >= 0.6 is 0 Å². The molecule has 4 rings (SSSR count). The van der Waals surface area contributed by atoms with E-state index < -0.39 is 0 Å². The van der Waals surface area contributed by atoms with E-state index in [4.69, 9.17) is 9.84 Å². The van der Waals surface area contributed by atoms with Crippen LogP contribution in [0.3, 0.4) is 0 Å². The molecule has 1 fully saturated rings. The average molecular weight is 398 g/mol. The number of urea groups is 1. The number of ether oxygens (including phenoxy) is 1. The van der Waals surface area contributed by atoms with Crippen molar-refractivity contribution in [1.82, 2.24) is 24.6 Å². The molecule has 2 aromatic rings. The highest BCUT2D eigenvalue weighted by Crippen LogP contribution is 2.35. The fraction of sp³-hybridized carbons (Fsp3) is 0.591. The van der Waals surface area contributed by atoms with Crippen molar-refractivity contribution >= 4 is 6.03 Å². The van der Waals surface area contributed by atoms with Crippen LogP contribution in [0, 0.1) is 0 Å². The highest BCUT2D eigenvalue weighted by Gasteiger charge is 2.35. The highest BCUT2D eigenvalue weighted by molar-refractivity contribution is 5.75. The third-order valence-electron chi connectivity index (χ3n) is 6.08. The molecule has 2 aliphatic rings. The zero-order valence-electron chi connectivity index (χ0n) is 17.5. The summed E-state index contributed by atoms with van der Waals surface area (Å²) in [6.45, 7) is 8.35. The normalized spacial score (nSPS) is 19.1. The van der Waals surface area contributed by atoms with Crippen molar-refractivity contribution in [2.45, 2.75) is 58.7 Å². The fourth-order valence-electron chi connectivity index (χ4n) is 4.52. The van der Waals surface area contributed by atoms with E-state index >= 15 is 0 Å². The van der Waals surface area contributed by atoms with Gasteiger partial charge in [0, 0.05) is 49.7 Å². The Labute approximate surface area is 172 Å². The Bertz CT molecular complexity index is 831. The Morgan fingerprint density at radius 1 is 1.31 bits per heavy atom.